The van der Waals surface area contributed by atoms with Gasteiger partial charge in [-0.3, -0.25) is 0 Å². The fourth-order valence-corrected chi connectivity index (χ4v) is 1.91. The van der Waals surface area contributed by atoms with Crippen LogP contribution in [0.4, 0.5) is 0 Å². The van der Waals surface area contributed by atoms with Gasteiger partial charge < -0.3 is 15.8 Å². The van der Waals surface area contributed by atoms with Crippen molar-refractivity contribution in [2.45, 2.75) is 6.54 Å². The quantitative estimate of drug-likeness (QED) is 0.637. The molecule has 0 saturated heterocycles. The standard InChI is InChI=1S/C13H12N4O/c14-6-8-3-13(17-15-7-8)12-5-9-4-10(18)1-2-11(9)16-12/h1-5,7,16,18H,6,14H2. The van der Waals surface area contributed by atoms with Crippen molar-refractivity contribution in [2.24, 2.45) is 5.73 Å². The number of aromatic hydroxyl groups is 1. The van der Waals surface area contributed by atoms with Gasteiger partial charge in [0.15, 0.2) is 0 Å². The number of benzene rings is 1. The van der Waals surface area contributed by atoms with Crippen LogP contribution >= 0.6 is 0 Å². The van der Waals surface area contributed by atoms with Crippen molar-refractivity contribution >= 4 is 10.9 Å². The summed E-state index contributed by atoms with van der Waals surface area (Å²) in [6, 6.07) is 9.01. The van der Waals surface area contributed by atoms with Gasteiger partial charge in [0.25, 0.3) is 0 Å². The number of fused-ring (bicyclic) bond motifs is 1. The second-order valence-electron chi connectivity index (χ2n) is 4.11. The molecule has 90 valence electrons. The summed E-state index contributed by atoms with van der Waals surface area (Å²) in [6.07, 6.45) is 1.65. The predicted octanol–water partition coefficient (Wildman–Crippen LogP) is 1.79. The normalized spacial score (nSPS) is 10.9. The SMILES string of the molecule is NCc1cnnc(-c2cc3cc(O)ccc3[nH]2)c1. The van der Waals surface area contributed by atoms with Gasteiger partial charge in [0, 0.05) is 17.4 Å². The molecule has 0 unspecified atom stereocenters. The molecule has 0 fully saturated rings. The zero-order chi connectivity index (χ0) is 12.5. The molecule has 5 nitrogen and oxygen atoms in total. The summed E-state index contributed by atoms with van der Waals surface area (Å²) in [5.41, 5.74) is 9.06. The van der Waals surface area contributed by atoms with Crippen molar-refractivity contribution < 1.29 is 5.11 Å². The van der Waals surface area contributed by atoms with E-state index in [9.17, 15) is 5.11 Å². The molecule has 0 aliphatic rings. The fourth-order valence-electron chi connectivity index (χ4n) is 1.91. The fraction of sp³-hybridized carbons (Fsp3) is 0.0769. The number of nitrogens with one attached hydrogen (secondary N) is 1. The second-order valence-corrected chi connectivity index (χ2v) is 4.11. The molecule has 2 heterocycles. The summed E-state index contributed by atoms with van der Waals surface area (Å²) in [7, 11) is 0. The van der Waals surface area contributed by atoms with Crippen LogP contribution in [-0.2, 0) is 6.54 Å². The topological polar surface area (TPSA) is 87.8 Å². The third-order valence-corrected chi connectivity index (χ3v) is 2.83. The number of hydrogen-bond acceptors (Lipinski definition) is 4. The highest BCUT2D eigenvalue weighted by Crippen LogP contribution is 2.25. The van der Waals surface area contributed by atoms with E-state index in [0.29, 0.717) is 6.54 Å². The highest BCUT2D eigenvalue weighted by atomic mass is 16.3. The van der Waals surface area contributed by atoms with E-state index in [4.69, 9.17) is 5.73 Å². The number of hydrogen-bond donors (Lipinski definition) is 3. The Morgan fingerprint density at radius 2 is 2.11 bits per heavy atom. The molecule has 4 N–H and O–H groups in total. The van der Waals surface area contributed by atoms with Gasteiger partial charge in [-0.25, -0.2) is 0 Å². The average Bonchev–Trinajstić information content (AvgIpc) is 2.81. The van der Waals surface area contributed by atoms with Crippen molar-refractivity contribution in [1.29, 1.82) is 0 Å². The average molecular weight is 240 g/mol. The van der Waals surface area contributed by atoms with E-state index in [-0.39, 0.29) is 5.75 Å². The monoisotopic (exact) mass is 240 g/mol. The highest BCUT2D eigenvalue weighted by Gasteiger charge is 2.06. The Morgan fingerprint density at radius 1 is 1.22 bits per heavy atom. The van der Waals surface area contributed by atoms with Gasteiger partial charge >= 0.3 is 0 Å². The number of nitrogens with zero attached hydrogens (tertiary/aromatic N) is 2. The predicted molar refractivity (Wildman–Crippen MR) is 68.9 cm³/mol. The zero-order valence-corrected chi connectivity index (χ0v) is 9.59. The first-order chi connectivity index (χ1) is 8.76. The third-order valence-electron chi connectivity index (χ3n) is 2.83. The molecule has 2 aromatic heterocycles. The lowest BCUT2D eigenvalue weighted by molar-refractivity contribution is 0.476. The molecule has 0 aliphatic carbocycles. The van der Waals surface area contributed by atoms with E-state index in [0.717, 1.165) is 27.9 Å². The first kappa shape index (κ1) is 10.7. The van der Waals surface area contributed by atoms with Crippen molar-refractivity contribution in [3.8, 4) is 17.1 Å². The minimum Gasteiger partial charge on any atom is -0.508 e. The summed E-state index contributed by atoms with van der Waals surface area (Å²) in [5.74, 6) is 0.245. The van der Waals surface area contributed by atoms with Crippen LogP contribution in [0.25, 0.3) is 22.3 Å². The molecule has 0 aliphatic heterocycles. The molecule has 3 rings (SSSR count). The lowest BCUT2D eigenvalue weighted by Gasteiger charge is -1.98. The molecule has 18 heavy (non-hydrogen) atoms. The molecule has 0 bridgehead atoms. The molecule has 3 aromatic rings. The maximum Gasteiger partial charge on any atom is 0.116 e. The van der Waals surface area contributed by atoms with E-state index < -0.39 is 0 Å². The molecule has 1 aromatic carbocycles. The van der Waals surface area contributed by atoms with Gasteiger partial charge in [-0.05, 0) is 35.9 Å². The summed E-state index contributed by atoms with van der Waals surface area (Å²) in [5, 5.41) is 18.4. The molecular formula is C13H12N4O. The number of rotatable bonds is 2. The van der Waals surface area contributed by atoms with Crippen LogP contribution in [0.2, 0.25) is 0 Å². The van der Waals surface area contributed by atoms with Crippen LogP contribution in [0.1, 0.15) is 5.56 Å². The number of phenolic OH excluding ortho intramolecular Hbond substituents is 1. The molecule has 0 atom stereocenters. The maximum atomic E-state index is 9.43. The van der Waals surface area contributed by atoms with Gasteiger partial charge in [0.05, 0.1) is 11.9 Å². The largest absolute Gasteiger partial charge is 0.508 e. The van der Waals surface area contributed by atoms with Crippen LogP contribution in [0.3, 0.4) is 0 Å². The van der Waals surface area contributed by atoms with Crippen LogP contribution in [0, 0.1) is 0 Å². The number of phenols is 1. The lowest BCUT2D eigenvalue weighted by Crippen LogP contribution is -1.99. The van der Waals surface area contributed by atoms with Crippen molar-refractivity contribution in [2.75, 3.05) is 0 Å². The van der Waals surface area contributed by atoms with Crippen LogP contribution < -0.4 is 5.73 Å². The van der Waals surface area contributed by atoms with Crippen molar-refractivity contribution in [1.82, 2.24) is 15.2 Å². The Hall–Kier alpha value is -2.40. The Balaban J connectivity index is 2.13. The Morgan fingerprint density at radius 3 is 2.94 bits per heavy atom. The lowest BCUT2D eigenvalue weighted by atomic mass is 10.2. The molecule has 0 amide bonds. The van der Waals surface area contributed by atoms with E-state index in [1.807, 2.05) is 18.2 Å². The first-order valence-electron chi connectivity index (χ1n) is 5.60. The van der Waals surface area contributed by atoms with Crippen molar-refractivity contribution in [3.63, 3.8) is 0 Å². The first-order valence-corrected chi connectivity index (χ1v) is 5.60. The summed E-state index contributed by atoms with van der Waals surface area (Å²) >= 11 is 0. The number of nitrogens with two attached hydrogens (primary N) is 1. The van der Waals surface area contributed by atoms with Gasteiger partial charge in [-0.2, -0.15) is 5.10 Å². The van der Waals surface area contributed by atoms with E-state index in [1.165, 1.54) is 0 Å². The molecule has 0 spiro atoms. The van der Waals surface area contributed by atoms with Gasteiger partial charge in [0.1, 0.15) is 11.4 Å². The van der Waals surface area contributed by atoms with Gasteiger partial charge in [-0.1, -0.05) is 0 Å². The van der Waals surface area contributed by atoms with E-state index in [2.05, 4.69) is 15.2 Å². The van der Waals surface area contributed by atoms with Crippen LogP contribution in [0.15, 0.2) is 36.5 Å². The molecule has 0 radical (unpaired) electrons. The van der Waals surface area contributed by atoms with E-state index in [1.54, 1.807) is 18.3 Å². The van der Waals surface area contributed by atoms with Crippen molar-refractivity contribution in [3.05, 3.63) is 42.1 Å². The molecular weight excluding hydrogens is 228 g/mol. The maximum absolute atomic E-state index is 9.43. The van der Waals surface area contributed by atoms with Gasteiger partial charge in [-0.15, -0.1) is 5.10 Å². The summed E-state index contributed by atoms with van der Waals surface area (Å²) in [4.78, 5) is 3.24. The molecule has 5 heteroatoms. The Labute approximate surface area is 103 Å². The Kier molecular flexibility index (Phi) is 2.46. The second kappa shape index (κ2) is 4.12. The summed E-state index contributed by atoms with van der Waals surface area (Å²) in [6.45, 7) is 0.434. The number of aromatic nitrogens is 3. The smallest absolute Gasteiger partial charge is 0.116 e. The summed E-state index contributed by atoms with van der Waals surface area (Å²) < 4.78 is 0. The third kappa shape index (κ3) is 1.80. The minimum absolute atomic E-state index is 0.245. The number of aromatic amines is 1. The van der Waals surface area contributed by atoms with Crippen LogP contribution in [-0.4, -0.2) is 20.3 Å². The zero-order valence-electron chi connectivity index (χ0n) is 9.59. The van der Waals surface area contributed by atoms with Gasteiger partial charge in [0.2, 0.25) is 0 Å². The van der Waals surface area contributed by atoms with Crippen LogP contribution in [0.5, 0.6) is 5.75 Å². The van der Waals surface area contributed by atoms with E-state index >= 15 is 0 Å². The minimum atomic E-state index is 0.245. The highest BCUT2D eigenvalue weighted by molar-refractivity contribution is 5.86. The number of H-pyrrole nitrogens is 1. The molecule has 0 saturated carbocycles. The Bertz CT molecular complexity index is 705.